The first kappa shape index (κ1) is 17.3. The molecule has 126 valence electrons. The van der Waals surface area contributed by atoms with Crippen molar-refractivity contribution in [2.75, 3.05) is 26.1 Å². The number of nitrogens with one attached hydrogen (secondary N) is 1. The van der Waals surface area contributed by atoms with Gasteiger partial charge in [-0.1, -0.05) is 0 Å². The number of nitrogens with zero attached hydrogens (tertiary/aromatic N) is 1. The van der Waals surface area contributed by atoms with E-state index in [9.17, 15) is 14.9 Å². The molecule has 2 aromatic carbocycles. The minimum atomic E-state index is -0.493. The summed E-state index contributed by atoms with van der Waals surface area (Å²) in [6.45, 7) is 0.436. The number of methoxy groups -OCH3 is 2. The van der Waals surface area contributed by atoms with Crippen LogP contribution in [0.15, 0.2) is 42.5 Å². The Kier molecular flexibility index (Phi) is 5.73. The van der Waals surface area contributed by atoms with Gasteiger partial charge in [0.2, 0.25) is 0 Å². The first-order valence-corrected chi connectivity index (χ1v) is 7.28. The highest BCUT2D eigenvalue weighted by Gasteiger charge is 2.10. The lowest BCUT2D eigenvalue weighted by atomic mass is 10.1. The summed E-state index contributed by atoms with van der Waals surface area (Å²) in [6.07, 6.45) is 0.270. The summed E-state index contributed by atoms with van der Waals surface area (Å²) < 4.78 is 10.4. The van der Waals surface area contributed by atoms with Gasteiger partial charge in [0.05, 0.1) is 19.1 Å². The number of nitro benzene ring substituents is 1. The molecule has 7 nitrogen and oxygen atoms in total. The zero-order valence-corrected chi connectivity index (χ0v) is 13.4. The topological polar surface area (TPSA) is 90.7 Å². The van der Waals surface area contributed by atoms with Crippen LogP contribution in [0.3, 0.4) is 0 Å². The third-order valence-corrected chi connectivity index (χ3v) is 3.46. The fraction of sp³-hybridized carbons (Fsp3) is 0.235. The first-order valence-electron chi connectivity index (χ1n) is 7.28. The SMILES string of the molecule is COc1ccc(NCCC(=O)c2ccc([N+](=O)[O-])cc2)cc1OC. The van der Waals surface area contributed by atoms with Crippen molar-refractivity contribution in [1.29, 1.82) is 0 Å². The van der Waals surface area contributed by atoms with E-state index in [1.54, 1.807) is 26.4 Å². The van der Waals surface area contributed by atoms with E-state index in [-0.39, 0.29) is 17.9 Å². The van der Waals surface area contributed by atoms with Gasteiger partial charge in [-0.15, -0.1) is 0 Å². The molecule has 2 rings (SSSR count). The van der Waals surface area contributed by atoms with Crippen molar-refractivity contribution >= 4 is 17.2 Å². The summed E-state index contributed by atoms with van der Waals surface area (Å²) >= 11 is 0. The fourth-order valence-electron chi connectivity index (χ4n) is 2.18. The maximum atomic E-state index is 12.1. The lowest BCUT2D eigenvalue weighted by Gasteiger charge is -2.11. The van der Waals surface area contributed by atoms with Crippen LogP contribution in [0.4, 0.5) is 11.4 Å². The second-order valence-corrected chi connectivity index (χ2v) is 4.97. The molecule has 7 heteroatoms. The molecule has 0 heterocycles. The molecule has 0 aliphatic rings. The minimum Gasteiger partial charge on any atom is -0.493 e. The number of rotatable bonds is 8. The monoisotopic (exact) mass is 330 g/mol. The van der Waals surface area contributed by atoms with Crippen LogP contribution in [0, 0.1) is 10.1 Å². The molecule has 0 amide bonds. The Balaban J connectivity index is 1.91. The van der Waals surface area contributed by atoms with E-state index in [1.807, 2.05) is 6.07 Å². The van der Waals surface area contributed by atoms with Gasteiger partial charge in [0.15, 0.2) is 17.3 Å². The summed E-state index contributed by atoms with van der Waals surface area (Å²) in [6, 6.07) is 11.0. The second-order valence-electron chi connectivity index (χ2n) is 4.97. The number of carbonyl (C=O) groups excluding carboxylic acids is 1. The molecule has 0 aliphatic carbocycles. The Hall–Kier alpha value is -3.09. The van der Waals surface area contributed by atoms with Crippen molar-refractivity contribution in [2.24, 2.45) is 0 Å². The van der Waals surface area contributed by atoms with Crippen LogP contribution in [0.25, 0.3) is 0 Å². The van der Waals surface area contributed by atoms with Gasteiger partial charge < -0.3 is 14.8 Å². The van der Waals surface area contributed by atoms with Crippen LogP contribution in [0.2, 0.25) is 0 Å². The van der Waals surface area contributed by atoms with E-state index in [4.69, 9.17) is 9.47 Å². The van der Waals surface area contributed by atoms with Gasteiger partial charge in [0.25, 0.3) is 5.69 Å². The third kappa shape index (κ3) is 4.22. The Morgan fingerprint density at radius 2 is 1.75 bits per heavy atom. The van der Waals surface area contributed by atoms with Gasteiger partial charge in [-0.2, -0.15) is 0 Å². The van der Waals surface area contributed by atoms with E-state index in [0.29, 0.717) is 23.6 Å². The molecular weight excluding hydrogens is 312 g/mol. The van der Waals surface area contributed by atoms with Crippen molar-refractivity contribution in [3.05, 3.63) is 58.1 Å². The molecule has 1 N–H and O–H groups in total. The lowest BCUT2D eigenvalue weighted by Crippen LogP contribution is -2.09. The Labute approximate surface area is 139 Å². The maximum Gasteiger partial charge on any atom is 0.269 e. The second kappa shape index (κ2) is 7.96. The summed E-state index contributed by atoms with van der Waals surface area (Å²) in [4.78, 5) is 22.2. The lowest BCUT2D eigenvalue weighted by molar-refractivity contribution is -0.384. The number of anilines is 1. The van der Waals surface area contributed by atoms with E-state index in [1.165, 1.54) is 24.3 Å². The summed E-state index contributed by atoms with van der Waals surface area (Å²) in [5, 5.41) is 13.7. The van der Waals surface area contributed by atoms with Crippen LogP contribution < -0.4 is 14.8 Å². The van der Waals surface area contributed by atoms with E-state index >= 15 is 0 Å². The van der Waals surface area contributed by atoms with E-state index in [0.717, 1.165) is 5.69 Å². The highest BCUT2D eigenvalue weighted by molar-refractivity contribution is 5.96. The number of ketones is 1. The smallest absolute Gasteiger partial charge is 0.269 e. The van der Waals surface area contributed by atoms with Crippen LogP contribution in [0.5, 0.6) is 11.5 Å². The van der Waals surface area contributed by atoms with Crippen molar-refractivity contribution in [1.82, 2.24) is 0 Å². The largest absolute Gasteiger partial charge is 0.493 e. The molecule has 0 unspecified atom stereocenters. The zero-order chi connectivity index (χ0) is 17.5. The summed E-state index contributed by atoms with van der Waals surface area (Å²) in [5.41, 5.74) is 1.23. The number of non-ortho nitro benzene ring substituents is 1. The molecule has 0 spiro atoms. The van der Waals surface area contributed by atoms with Crippen LogP contribution in [-0.4, -0.2) is 31.5 Å². The molecule has 0 saturated heterocycles. The molecule has 0 aliphatic heterocycles. The van der Waals surface area contributed by atoms with Gasteiger partial charge in [0.1, 0.15) is 0 Å². The minimum absolute atomic E-state index is 0.0324. The normalized spacial score (nSPS) is 10.1. The van der Waals surface area contributed by atoms with Gasteiger partial charge in [-0.05, 0) is 24.3 Å². The Morgan fingerprint density at radius 3 is 2.33 bits per heavy atom. The number of benzene rings is 2. The van der Waals surface area contributed by atoms with Gasteiger partial charge in [0, 0.05) is 42.4 Å². The van der Waals surface area contributed by atoms with Crippen LogP contribution in [0.1, 0.15) is 16.8 Å². The molecule has 0 radical (unpaired) electrons. The summed E-state index contributed by atoms with van der Waals surface area (Å²) in [5.74, 6) is 1.15. The number of hydrogen-bond donors (Lipinski definition) is 1. The highest BCUT2D eigenvalue weighted by Crippen LogP contribution is 2.29. The highest BCUT2D eigenvalue weighted by atomic mass is 16.6. The number of nitro groups is 1. The van der Waals surface area contributed by atoms with E-state index < -0.39 is 4.92 Å². The average molecular weight is 330 g/mol. The predicted octanol–water partition coefficient (Wildman–Crippen LogP) is 3.30. The number of hydrogen-bond acceptors (Lipinski definition) is 6. The van der Waals surface area contributed by atoms with Gasteiger partial charge in [-0.25, -0.2) is 0 Å². The van der Waals surface area contributed by atoms with E-state index in [2.05, 4.69) is 5.32 Å². The average Bonchev–Trinajstić information content (AvgIpc) is 2.61. The first-order chi connectivity index (χ1) is 11.5. The van der Waals surface area contributed by atoms with Crippen LogP contribution in [-0.2, 0) is 0 Å². The zero-order valence-electron chi connectivity index (χ0n) is 13.4. The van der Waals surface area contributed by atoms with Crippen molar-refractivity contribution < 1.29 is 19.2 Å². The molecule has 0 saturated carbocycles. The van der Waals surface area contributed by atoms with Crippen molar-refractivity contribution in [2.45, 2.75) is 6.42 Å². The van der Waals surface area contributed by atoms with Crippen LogP contribution >= 0.6 is 0 Å². The molecular formula is C17H18N2O5. The van der Waals surface area contributed by atoms with Crippen molar-refractivity contribution in [3.8, 4) is 11.5 Å². The molecule has 0 fully saturated rings. The van der Waals surface area contributed by atoms with Crippen molar-refractivity contribution in [3.63, 3.8) is 0 Å². The molecule has 0 bridgehead atoms. The standard InChI is InChI=1S/C17H18N2O5/c1-23-16-8-5-13(11-17(16)24-2)18-10-9-15(20)12-3-6-14(7-4-12)19(21)22/h3-8,11,18H,9-10H2,1-2H3. The van der Waals surface area contributed by atoms with Gasteiger partial charge >= 0.3 is 0 Å². The number of ether oxygens (including phenoxy) is 2. The number of Topliss-reactive ketones (excluding diaryl/α,β-unsaturated/α-hetero) is 1. The molecule has 0 aromatic heterocycles. The number of carbonyl (C=O) groups is 1. The molecule has 24 heavy (non-hydrogen) atoms. The quantitative estimate of drug-likeness (QED) is 0.454. The Bertz CT molecular complexity index is 728. The fourth-order valence-corrected chi connectivity index (χ4v) is 2.18. The maximum absolute atomic E-state index is 12.1. The molecule has 2 aromatic rings. The van der Waals surface area contributed by atoms with Gasteiger partial charge in [-0.3, -0.25) is 14.9 Å². The third-order valence-electron chi connectivity index (χ3n) is 3.46. The Morgan fingerprint density at radius 1 is 1.08 bits per heavy atom. The summed E-state index contributed by atoms with van der Waals surface area (Å²) in [7, 11) is 3.12. The predicted molar refractivity (Wildman–Crippen MR) is 90.1 cm³/mol. The molecule has 0 atom stereocenters.